The number of rotatable bonds is 13. The molecule has 0 aromatic carbocycles. The molecule has 0 saturated carbocycles. The molecule has 1 unspecified atom stereocenters. The van der Waals surface area contributed by atoms with Crippen molar-refractivity contribution in [3.8, 4) is 0 Å². The molecule has 3 nitrogen and oxygen atoms in total. The number of unbranched alkanes of at least 4 members (excludes halogenated alkanes) is 6. The fourth-order valence-corrected chi connectivity index (χ4v) is 2.73. The highest BCUT2D eigenvalue weighted by Crippen LogP contribution is 2.16. The molecule has 0 aliphatic heterocycles. The van der Waals surface area contributed by atoms with E-state index in [9.17, 15) is 0 Å². The van der Waals surface area contributed by atoms with E-state index in [0.717, 1.165) is 19.5 Å². The third-order valence-corrected chi connectivity index (χ3v) is 4.10. The van der Waals surface area contributed by atoms with Gasteiger partial charge in [0.25, 0.3) is 0 Å². The monoisotopic (exact) mass is 293 g/mol. The molecule has 1 atom stereocenters. The van der Waals surface area contributed by atoms with Gasteiger partial charge in [-0.15, -0.1) is 0 Å². The lowest BCUT2D eigenvalue weighted by molar-refractivity contribution is 0.511. The fraction of sp³-hybridized carbons (Fsp3) is 0.833. The first kappa shape index (κ1) is 18.2. The van der Waals surface area contributed by atoms with Crippen molar-refractivity contribution in [2.45, 2.75) is 91.1 Å². The zero-order valence-electron chi connectivity index (χ0n) is 14.4. The number of hydrogen-bond acceptors (Lipinski definition) is 2. The van der Waals surface area contributed by atoms with E-state index in [-0.39, 0.29) is 0 Å². The quantitative estimate of drug-likeness (QED) is 0.514. The summed E-state index contributed by atoms with van der Waals surface area (Å²) >= 11 is 0. The number of hydrogen-bond donors (Lipinski definition) is 1. The Hall–Kier alpha value is -0.830. The van der Waals surface area contributed by atoms with Crippen LogP contribution in [0.5, 0.6) is 0 Å². The van der Waals surface area contributed by atoms with Crippen molar-refractivity contribution in [3.63, 3.8) is 0 Å². The average molecular weight is 293 g/mol. The summed E-state index contributed by atoms with van der Waals surface area (Å²) in [6, 6.07) is 0.466. The van der Waals surface area contributed by atoms with Crippen LogP contribution in [0.3, 0.4) is 0 Å². The Kier molecular flexibility index (Phi) is 10.2. The van der Waals surface area contributed by atoms with Gasteiger partial charge in [0.05, 0.1) is 6.20 Å². The molecule has 0 saturated heterocycles. The van der Waals surface area contributed by atoms with Crippen LogP contribution in [-0.4, -0.2) is 16.3 Å². The first-order chi connectivity index (χ1) is 10.3. The van der Waals surface area contributed by atoms with E-state index in [1.807, 2.05) is 6.20 Å². The van der Waals surface area contributed by atoms with Gasteiger partial charge in [0.2, 0.25) is 0 Å². The Labute approximate surface area is 131 Å². The van der Waals surface area contributed by atoms with Gasteiger partial charge in [-0.05, 0) is 25.8 Å². The Morgan fingerprint density at radius 3 is 2.38 bits per heavy atom. The summed E-state index contributed by atoms with van der Waals surface area (Å²) in [5.41, 5.74) is 1.34. The Bertz CT molecular complexity index is 346. The second kappa shape index (κ2) is 11.8. The minimum Gasteiger partial charge on any atom is -0.310 e. The van der Waals surface area contributed by atoms with E-state index in [1.54, 1.807) is 0 Å². The van der Waals surface area contributed by atoms with Gasteiger partial charge in [-0.3, -0.25) is 4.68 Å². The lowest BCUT2D eigenvalue weighted by Gasteiger charge is -2.14. The SMILES string of the molecule is CCCCCCCCCn1cc(C(CC)NCCC)cn1. The van der Waals surface area contributed by atoms with Gasteiger partial charge >= 0.3 is 0 Å². The summed E-state index contributed by atoms with van der Waals surface area (Å²) < 4.78 is 2.12. The first-order valence-corrected chi connectivity index (χ1v) is 9.07. The van der Waals surface area contributed by atoms with E-state index < -0.39 is 0 Å². The van der Waals surface area contributed by atoms with E-state index in [0.29, 0.717) is 6.04 Å². The first-order valence-electron chi connectivity index (χ1n) is 9.07. The van der Waals surface area contributed by atoms with E-state index >= 15 is 0 Å². The van der Waals surface area contributed by atoms with Crippen molar-refractivity contribution in [3.05, 3.63) is 18.0 Å². The number of nitrogens with zero attached hydrogens (tertiary/aromatic N) is 2. The topological polar surface area (TPSA) is 29.9 Å². The molecule has 0 amide bonds. The molecule has 1 heterocycles. The van der Waals surface area contributed by atoms with Gasteiger partial charge in [0.15, 0.2) is 0 Å². The number of nitrogens with one attached hydrogen (secondary N) is 1. The van der Waals surface area contributed by atoms with Crippen molar-refractivity contribution < 1.29 is 0 Å². The van der Waals surface area contributed by atoms with Crippen molar-refractivity contribution in [1.29, 1.82) is 0 Å². The molecule has 0 spiro atoms. The highest BCUT2D eigenvalue weighted by Gasteiger charge is 2.10. The summed E-state index contributed by atoms with van der Waals surface area (Å²) in [5.74, 6) is 0. The highest BCUT2D eigenvalue weighted by atomic mass is 15.3. The molecule has 1 rings (SSSR count). The molecule has 122 valence electrons. The zero-order chi connectivity index (χ0) is 15.3. The fourth-order valence-electron chi connectivity index (χ4n) is 2.73. The largest absolute Gasteiger partial charge is 0.310 e. The predicted molar refractivity (Wildman–Crippen MR) is 91.5 cm³/mol. The van der Waals surface area contributed by atoms with Crippen LogP contribution in [0.4, 0.5) is 0 Å². The second-order valence-electron chi connectivity index (χ2n) is 6.07. The molecule has 0 fully saturated rings. The average Bonchev–Trinajstić information content (AvgIpc) is 2.96. The van der Waals surface area contributed by atoms with Crippen molar-refractivity contribution in [1.82, 2.24) is 15.1 Å². The van der Waals surface area contributed by atoms with Crippen LogP contribution in [0.1, 0.15) is 90.2 Å². The zero-order valence-corrected chi connectivity index (χ0v) is 14.4. The van der Waals surface area contributed by atoms with Crippen molar-refractivity contribution >= 4 is 0 Å². The Morgan fingerprint density at radius 1 is 1.00 bits per heavy atom. The predicted octanol–water partition coefficient (Wildman–Crippen LogP) is 5.08. The number of aryl methyl sites for hydroxylation is 1. The van der Waals surface area contributed by atoms with Gasteiger partial charge in [0.1, 0.15) is 0 Å². The molecule has 1 aromatic heterocycles. The third kappa shape index (κ3) is 7.66. The van der Waals surface area contributed by atoms with Crippen LogP contribution in [-0.2, 0) is 6.54 Å². The normalized spacial score (nSPS) is 12.7. The molecule has 0 aliphatic rings. The summed E-state index contributed by atoms with van der Waals surface area (Å²) in [4.78, 5) is 0. The van der Waals surface area contributed by atoms with Gasteiger partial charge in [-0.1, -0.05) is 59.3 Å². The van der Waals surface area contributed by atoms with Gasteiger partial charge in [-0.2, -0.15) is 5.10 Å². The van der Waals surface area contributed by atoms with Crippen LogP contribution >= 0.6 is 0 Å². The maximum atomic E-state index is 4.52. The van der Waals surface area contributed by atoms with Crippen LogP contribution in [0.2, 0.25) is 0 Å². The molecule has 0 radical (unpaired) electrons. The highest BCUT2D eigenvalue weighted by molar-refractivity contribution is 5.10. The lowest BCUT2D eigenvalue weighted by Crippen LogP contribution is -2.21. The van der Waals surface area contributed by atoms with Gasteiger partial charge in [-0.25, -0.2) is 0 Å². The smallest absolute Gasteiger partial charge is 0.0537 e. The second-order valence-corrected chi connectivity index (χ2v) is 6.07. The summed E-state index contributed by atoms with van der Waals surface area (Å²) in [5, 5.41) is 8.11. The lowest BCUT2D eigenvalue weighted by atomic mass is 10.1. The van der Waals surface area contributed by atoms with Crippen LogP contribution < -0.4 is 5.32 Å². The van der Waals surface area contributed by atoms with Crippen LogP contribution in [0.15, 0.2) is 12.4 Å². The summed E-state index contributed by atoms with van der Waals surface area (Å²) in [6.07, 6.45) is 16.1. The van der Waals surface area contributed by atoms with E-state index in [4.69, 9.17) is 0 Å². The molecular weight excluding hydrogens is 258 g/mol. The molecule has 0 aliphatic carbocycles. The molecular formula is C18H35N3. The minimum absolute atomic E-state index is 0.466. The summed E-state index contributed by atoms with van der Waals surface area (Å²) in [7, 11) is 0. The standard InChI is InChI=1S/C18H35N3/c1-4-7-8-9-10-11-12-14-21-16-17(15-20-21)18(6-3)19-13-5-2/h15-16,18-19H,4-14H2,1-3H3. The molecule has 21 heavy (non-hydrogen) atoms. The van der Waals surface area contributed by atoms with Crippen LogP contribution in [0.25, 0.3) is 0 Å². The Balaban J connectivity index is 2.21. The molecule has 1 N–H and O–H groups in total. The maximum Gasteiger partial charge on any atom is 0.0537 e. The van der Waals surface area contributed by atoms with Crippen molar-refractivity contribution in [2.75, 3.05) is 6.54 Å². The Morgan fingerprint density at radius 2 is 1.71 bits per heavy atom. The maximum absolute atomic E-state index is 4.52. The van der Waals surface area contributed by atoms with Gasteiger partial charge < -0.3 is 5.32 Å². The molecule has 3 heteroatoms. The van der Waals surface area contributed by atoms with E-state index in [1.165, 1.54) is 56.9 Å². The van der Waals surface area contributed by atoms with E-state index in [2.05, 4.69) is 42.1 Å². The number of aromatic nitrogens is 2. The molecule has 0 bridgehead atoms. The van der Waals surface area contributed by atoms with Gasteiger partial charge in [0, 0.05) is 24.3 Å². The molecule has 1 aromatic rings. The van der Waals surface area contributed by atoms with Crippen LogP contribution in [0, 0.1) is 0 Å². The van der Waals surface area contributed by atoms with Crippen molar-refractivity contribution in [2.24, 2.45) is 0 Å². The summed E-state index contributed by atoms with van der Waals surface area (Å²) in [6.45, 7) is 8.87. The third-order valence-electron chi connectivity index (χ3n) is 4.10. The minimum atomic E-state index is 0.466.